The van der Waals surface area contributed by atoms with Crippen molar-refractivity contribution in [1.29, 1.82) is 5.26 Å². The Bertz CT molecular complexity index is 954. The highest BCUT2D eigenvalue weighted by molar-refractivity contribution is 5.95. The maximum absolute atomic E-state index is 12.6. The van der Waals surface area contributed by atoms with Crippen LogP contribution in [0.2, 0.25) is 0 Å². The second-order valence-corrected chi connectivity index (χ2v) is 7.18. The largest absolute Gasteiger partial charge is 0.424 e. The summed E-state index contributed by atoms with van der Waals surface area (Å²) in [4.78, 5) is 32.1. The second kappa shape index (κ2) is 7.83. The summed E-state index contributed by atoms with van der Waals surface area (Å²) in [5.41, 5.74) is 1.80. The number of aryl methyl sites for hydroxylation is 1. The fraction of sp³-hybridized carbons (Fsp3) is 0.400. The van der Waals surface area contributed by atoms with Crippen LogP contribution in [-0.4, -0.2) is 43.1 Å². The minimum Gasteiger partial charge on any atom is -0.424 e. The maximum Gasteiger partial charge on any atom is 0.321 e. The van der Waals surface area contributed by atoms with Gasteiger partial charge in [0.05, 0.1) is 0 Å². The predicted octanol–water partition coefficient (Wildman–Crippen LogP) is 2.24. The highest BCUT2D eigenvalue weighted by Crippen LogP contribution is 2.28. The molecule has 4 rings (SSSR count). The second-order valence-electron chi connectivity index (χ2n) is 7.18. The van der Waals surface area contributed by atoms with Crippen LogP contribution in [0.1, 0.15) is 24.4 Å². The van der Waals surface area contributed by atoms with E-state index >= 15 is 0 Å². The molecule has 9 nitrogen and oxygen atoms in total. The van der Waals surface area contributed by atoms with E-state index in [0.717, 1.165) is 5.69 Å². The number of benzene rings is 1. The summed E-state index contributed by atoms with van der Waals surface area (Å²) in [6.07, 6.45) is 1.34. The molecule has 2 aromatic rings. The van der Waals surface area contributed by atoms with Gasteiger partial charge in [-0.3, -0.25) is 9.69 Å². The number of urea groups is 1. The lowest BCUT2D eigenvalue weighted by Gasteiger charge is -2.31. The standard InChI is InChI=1S/C20H22N6O3/c1-13-23-17(12-21)19(29-13)25-9-6-14(7-10-25)18(27)24-15-2-4-16(5-3-15)26-11-8-22-20(26)28/h2-5,14H,6-11H2,1H3,(H,22,28)(H,24,27). The number of carbonyl (C=O) groups excluding carboxylic acids is 2. The number of nitriles is 1. The molecule has 2 aliphatic heterocycles. The molecule has 0 atom stereocenters. The molecule has 9 heteroatoms. The Morgan fingerprint density at radius 1 is 1.28 bits per heavy atom. The van der Waals surface area contributed by atoms with Gasteiger partial charge in [0.15, 0.2) is 5.89 Å². The summed E-state index contributed by atoms with van der Waals surface area (Å²) >= 11 is 0. The van der Waals surface area contributed by atoms with Crippen molar-refractivity contribution in [1.82, 2.24) is 10.3 Å². The summed E-state index contributed by atoms with van der Waals surface area (Å²) in [7, 11) is 0. The van der Waals surface area contributed by atoms with Gasteiger partial charge in [-0.1, -0.05) is 0 Å². The van der Waals surface area contributed by atoms with E-state index in [-0.39, 0.29) is 23.6 Å². The van der Waals surface area contributed by atoms with Gasteiger partial charge in [-0.2, -0.15) is 5.26 Å². The average Bonchev–Trinajstić information content (AvgIpc) is 3.34. The zero-order valence-electron chi connectivity index (χ0n) is 16.1. The van der Waals surface area contributed by atoms with Crippen LogP contribution in [0, 0.1) is 24.2 Å². The molecule has 0 spiro atoms. The number of aromatic nitrogens is 1. The molecule has 1 aromatic heterocycles. The first-order valence-electron chi connectivity index (χ1n) is 9.64. The molecular formula is C20H22N6O3. The number of hydrogen-bond acceptors (Lipinski definition) is 6. The van der Waals surface area contributed by atoms with E-state index in [1.54, 1.807) is 11.8 Å². The van der Waals surface area contributed by atoms with Crippen molar-refractivity contribution in [3.8, 4) is 6.07 Å². The number of rotatable bonds is 4. The fourth-order valence-electron chi connectivity index (χ4n) is 3.74. The molecule has 1 aromatic carbocycles. The van der Waals surface area contributed by atoms with Gasteiger partial charge in [0.2, 0.25) is 17.5 Å². The highest BCUT2D eigenvalue weighted by Gasteiger charge is 2.28. The minimum absolute atomic E-state index is 0.0226. The van der Waals surface area contributed by atoms with Gasteiger partial charge in [0, 0.05) is 50.4 Å². The number of amides is 3. The zero-order chi connectivity index (χ0) is 20.4. The number of carbonyl (C=O) groups is 2. The number of oxazole rings is 1. The van der Waals surface area contributed by atoms with E-state index in [1.807, 2.05) is 29.2 Å². The van der Waals surface area contributed by atoms with Crippen LogP contribution in [0.15, 0.2) is 28.7 Å². The molecule has 2 fully saturated rings. The van der Waals surface area contributed by atoms with Crippen LogP contribution in [0.5, 0.6) is 0 Å². The molecule has 2 saturated heterocycles. The first-order chi connectivity index (χ1) is 14.0. The molecule has 29 heavy (non-hydrogen) atoms. The Balaban J connectivity index is 1.33. The van der Waals surface area contributed by atoms with Crippen molar-refractivity contribution in [2.45, 2.75) is 19.8 Å². The minimum atomic E-state index is -0.107. The topological polar surface area (TPSA) is 114 Å². The zero-order valence-corrected chi connectivity index (χ0v) is 16.1. The Hall–Kier alpha value is -3.54. The predicted molar refractivity (Wildman–Crippen MR) is 107 cm³/mol. The molecule has 2 aliphatic rings. The van der Waals surface area contributed by atoms with Gasteiger partial charge in [0.1, 0.15) is 6.07 Å². The summed E-state index contributed by atoms with van der Waals surface area (Å²) in [5, 5.41) is 14.9. The van der Waals surface area contributed by atoms with Crippen molar-refractivity contribution in [3.63, 3.8) is 0 Å². The van der Waals surface area contributed by atoms with Crippen molar-refractivity contribution >= 4 is 29.2 Å². The first kappa shape index (κ1) is 18.8. The summed E-state index contributed by atoms with van der Waals surface area (Å²) < 4.78 is 5.56. The molecule has 0 radical (unpaired) electrons. The Labute approximate surface area is 168 Å². The number of nitrogens with one attached hydrogen (secondary N) is 2. The molecule has 150 valence electrons. The smallest absolute Gasteiger partial charge is 0.321 e. The third-order valence-electron chi connectivity index (χ3n) is 5.28. The molecule has 0 saturated carbocycles. The van der Waals surface area contributed by atoms with Crippen LogP contribution in [0.25, 0.3) is 0 Å². The van der Waals surface area contributed by atoms with Gasteiger partial charge < -0.3 is 20.0 Å². The average molecular weight is 394 g/mol. The van der Waals surface area contributed by atoms with E-state index in [4.69, 9.17) is 4.42 Å². The van der Waals surface area contributed by atoms with Crippen molar-refractivity contribution in [3.05, 3.63) is 35.9 Å². The monoisotopic (exact) mass is 394 g/mol. The molecule has 3 heterocycles. The normalized spacial score (nSPS) is 17.2. The van der Waals surface area contributed by atoms with E-state index in [1.165, 1.54) is 0 Å². The molecule has 0 bridgehead atoms. The van der Waals surface area contributed by atoms with Crippen molar-refractivity contribution in [2.75, 3.05) is 41.3 Å². The van der Waals surface area contributed by atoms with Crippen LogP contribution in [0.3, 0.4) is 0 Å². The lowest BCUT2D eigenvalue weighted by molar-refractivity contribution is -0.120. The summed E-state index contributed by atoms with van der Waals surface area (Å²) in [5.74, 6) is 0.826. The number of piperidine rings is 1. The Morgan fingerprint density at radius 3 is 2.62 bits per heavy atom. The van der Waals surface area contributed by atoms with Gasteiger partial charge in [0.25, 0.3) is 0 Å². The van der Waals surface area contributed by atoms with Gasteiger partial charge in [-0.05, 0) is 37.1 Å². The van der Waals surface area contributed by atoms with E-state index in [2.05, 4.69) is 21.7 Å². The van der Waals surface area contributed by atoms with Crippen LogP contribution in [-0.2, 0) is 4.79 Å². The first-order valence-corrected chi connectivity index (χ1v) is 9.64. The number of anilines is 3. The van der Waals surface area contributed by atoms with Crippen molar-refractivity contribution in [2.24, 2.45) is 5.92 Å². The van der Waals surface area contributed by atoms with Crippen LogP contribution >= 0.6 is 0 Å². The molecule has 0 unspecified atom stereocenters. The summed E-state index contributed by atoms with van der Waals surface area (Å²) in [6.45, 7) is 4.25. The SMILES string of the molecule is Cc1nc(C#N)c(N2CCC(C(=O)Nc3ccc(N4CCNC4=O)cc3)CC2)o1. The van der Waals surface area contributed by atoms with Crippen molar-refractivity contribution < 1.29 is 14.0 Å². The maximum atomic E-state index is 12.6. The molecule has 3 amide bonds. The molecule has 2 N–H and O–H groups in total. The summed E-state index contributed by atoms with van der Waals surface area (Å²) in [6, 6.07) is 9.24. The van der Waals surface area contributed by atoms with E-state index < -0.39 is 0 Å². The van der Waals surface area contributed by atoms with E-state index in [9.17, 15) is 14.9 Å². The lowest BCUT2D eigenvalue weighted by atomic mass is 9.96. The van der Waals surface area contributed by atoms with Gasteiger partial charge >= 0.3 is 6.03 Å². The quantitative estimate of drug-likeness (QED) is 0.822. The number of hydrogen-bond donors (Lipinski definition) is 2. The molecule has 0 aliphatic carbocycles. The van der Waals surface area contributed by atoms with Crippen LogP contribution in [0.4, 0.5) is 22.1 Å². The Kier molecular flexibility index (Phi) is 5.08. The fourth-order valence-corrected chi connectivity index (χ4v) is 3.74. The van der Waals surface area contributed by atoms with Gasteiger partial charge in [-0.25, -0.2) is 9.78 Å². The van der Waals surface area contributed by atoms with Gasteiger partial charge in [-0.15, -0.1) is 0 Å². The van der Waals surface area contributed by atoms with Crippen LogP contribution < -0.4 is 20.4 Å². The third-order valence-corrected chi connectivity index (χ3v) is 5.28. The Morgan fingerprint density at radius 2 is 2.00 bits per heavy atom. The molecular weight excluding hydrogens is 372 g/mol. The third kappa shape index (κ3) is 3.87. The van der Waals surface area contributed by atoms with E-state index in [0.29, 0.717) is 56.5 Å². The highest BCUT2D eigenvalue weighted by atomic mass is 16.4. The lowest BCUT2D eigenvalue weighted by Crippen LogP contribution is -2.38. The number of nitrogens with zero attached hydrogens (tertiary/aromatic N) is 4.